The van der Waals surface area contributed by atoms with Crippen molar-refractivity contribution in [2.45, 2.75) is 393 Å². The van der Waals surface area contributed by atoms with Crippen LogP contribution in [-0.2, 0) is 28.6 Å². The van der Waals surface area contributed by atoms with Gasteiger partial charge in [-0.2, -0.15) is 0 Å². The van der Waals surface area contributed by atoms with Crippen molar-refractivity contribution < 1.29 is 28.6 Å². The van der Waals surface area contributed by atoms with E-state index in [1.165, 1.54) is 289 Å². The minimum atomic E-state index is -0.769. The third kappa shape index (κ3) is 62.7. The topological polar surface area (TPSA) is 78.9 Å². The molecule has 0 aliphatic carbocycles. The Labute approximate surface area is 474 Å². The van der Waals surface area contributed by atoms with Gasteiger partial charge >= 0.3 is 17.9 Å². The highest BCUT2D eigenvalue weighted by Crippen LogP contribution is 2.18. The van der Waals surface area contributed by atoms with Crippen LogP contribution in [0.5, 0.6) is 0 Å². The predicted molar refractivity (Wildman–Crippen MR) is 330 cm³/mol. The summed E-state index contributed by atoms with van der Waals surface area (Å²) in [5, 5.41) is 0. The summed E-state index contributed by atoms with van der Waals surface area (Å²) in [5.41, 5.74) is 0. The van der Waals surface area contributed by atoms with Crippen molar-refractivity contribution in [2.75, 3.05) is 13.2 Å². The molecule has 0 saturated heterocycles. The van der Waals surface area contributed by atoms with Crippen molar-refractivity contribution in [3.05, 3.63) is 24.3 Å². The molecule has 0 amide bonds. The maximum absolute atomic E-state index is 12.9. The number of ether oxygens (including phenoxy) is 3. The molecule has 6 heteroatoms. The fourth-order valence-electron chi connectivity index (χ4n) is 10.5. The molecule has 76 heavy (non-hydrogen) atoms. The summed E-state index contributed by atoms with van der Waals surface area (Å²) in [5.74, 6) is -0.840. The first-order chi connectivity index (χ1) is 37.5. The Balaban J connectivity index is 4.21. The Bertz CT molecular complexity index is 1230. The van der Waals surface area contributed by atoms with Crippen LogP contribution in [0, 0.1) is 0 Å². The van der Waals surface area contributed by atoms with Gasteiger partial charge in [0.1, 0.15) is 13.2 Å². The SMILES string of the molecule is CCCCCCCCCC/C=C\CCCCCCCCCCCCCCCC(=O)OCC(COC(=O)CCCCCCCCCCCCCC)OC(=O)CCCCCCCCCCC/C=C\CCCCCCCCCC. The summed E-state index contributed by atoms with van der Waals surface area (Å²) < 4.78 is 17.0. The van der Waals surface area contributed by atoms with E-state index in [0.717, 1.165) is 57.8 Å². The van der Waals surface area contributed by atoms with Gasteiger partial charge in [0.15, 0.2) is 6.10 Å². The van der Waals surface area contributed by atoms with Crippen LogP contribution in [-0.4, -0.2) is 37.2 Å². The van der Waals surface area contributed by atoms with Gasteiger partial charge in [-0.15, -0.1) is 0 Å². The number of hydrogen-bond donors (Lipinski definition) is 0. The van der Waals surface area contributed by atoms with Gasteiger partial charge in [-0.1, -0.05) is 321 Å². The van der Waals surface area contributed by atoms with Crippen molar-refractivity contribution in [3.8, 4) is 0 Å². The second-order valence-corrected chi connectivity index (χ2v) is 23.4. The standard InChI is InChI=1S/C70H132O6/c1-4-7-10-13-16-19-22-25-27-29-31-33-34-35-36-38-39-41-43-45-48-51-54-57-60-63-69(72)75-66-67(65-74-68(71)62-59-56-53-50-47-24-21-18-15-12-9-6-3)76-70(73)64-61-58-55-52-49-46-44-42-40-37-32-30-28-26-23-20-17-14-11-8-5-2/h29-32,67H,4-28,33-66H2,1-3H3/b31-29-,32-30-. The van der Waals surface area contributed by atoms with Crippen LogP contribution in [0.15, 0.2) is 24.3 Å². The minimum Gasteiger partial charge on any atom is -0.462 e. The molecule has 0 aromatic rings. The van der Waals surface area contributed by atoms with E-state index < -0.39 is 6.10 Å². The molecule has 0 aliphatic rings. The van der Waals surface area contributed by atoms with Gasteiger partial charge in [0.05, 0.1) is 0 Å². The van der Waals surface area contributed by atoms with Crippen LogP contribution >= 0.6 is 0 Å². The van der Waals surface area contributed by atoms with Gasteiger partial charge in [0.25, 0.3) is 0 Å². The number of unbranched alkanes of at least 4 members (excludes halogenated alkanes) is 49. The van der Waals surface area contributed by atoms with Crippen LogP contribution in [0.3, 0.4) is 0 Å². The second-order valence-electron chi connectivity index (χ2n) is 23.4. The Morgan fingerprint density at radius 2 is 0.434 bits per heavy atom. The van der Waals surface area contributed by atoms with Gasteiger partial charge in [-0.3, -0.25) is 14.4 Å². The zero-order valence-corrected chi connectivity index (χ0v) is 51.6. The molecule has 0 aromatic heterocycles. The third-order valence-corrected chi connectivity index (χ3v) is 15.7. The lowest BCUT2D eigenvalue weighted by atomic mass is 10.0. The molecule has 0 heterocycles. The summed E-state index contributed by atoms with van der Waals surface area (Å²) >= 11 is 0. The first kappa shape index (κ1) is 73.9. The molecule has 1 atom stereocenters. The molecule has 6 nitrogen and oxygen atoms in total. The minimum absolute atomic E-state index is 0.0664. The molecular formula is C70H132O6. The number of esters is 3. The maximum atomic E-state index is 12.9. The lowest BCUT2D eigenvalue weighted by Gasteiger charge is -2.18. The molecule has 0 saturated carbocycles. The van der Waals surface area contributed by atoms with Crippen LogP contribution in [0.25, 0.3) is 0 Å². The summed E-state index contributed by atoms with van der Waals surface area (Å²) in [7, 11) is 0. The van der Waals surface area contributed by atoms with E-state index in [1.54, 1.807) is 0 Å². The van der Waals surface area contributed by atoms with Crippen molar-refractivity contribution in [1.82, 2.24) is 0 Å². The van der Waals surface area contributed by atoms with Gasteiger partial charge in [0, 0.05) is 19.3 Å². The Kier molecular flexibility index (Phi) is 63.6. The highest BCUT2D eigenvalue weighted by Gasteiger charge is 2.19. The number of carbonyl (C=O) groups excluding carboxylic acids is 3. The number of allylic oxidation sites excluding steroid dienone is 4. The van der Waals surface area contributed by atoms with E-state index in [-0.39, 0.29) is 31.1 Å². The smallest absolute Gasteiger partial charge is 0.306 e. The van der Waals surface area contributed by atoms with Crippen LogP contribution in [0.1, 0.15) is 387 Å². The zero-order chi connectivity index (χ0) is 55.0. The van der Waals surface area contributed by atoms with E-state index in [0.29, 0.717) is 19.3 Å². The highest BCUT2D eigenvalue weighted by atomic mass is 16.6. The first-order valence-electron chi connectivity index (χ1n) is 34.3. The van der Waals surface area contributed by atoms with E-state index in [2.05, 4.69) is 45.1 Å². The Hall–Kier alpha value is -2.11. The molecule has 0 aromatic carbocycles. The lowest BCUT2D eigenvalue weighted by Crippen LogP contribution is -2.30. The Morgan fingerprint density at radius 3 is 0.658 bits per heavy atom. The molecular weight excluding hydrogens is 937 g/mol. The van der Waals surface area contributed by atoms with E-state index in [1.807, 2.05) is 0 Å². The average molecular weight is 1070 g/mol. The van der Waals surface area contributed by atoms with Gasteiger partial charge in [-0.25, -0.2) is 0 Å². The molecule has 448 valence electrons. The van der Waals surface area contributed by atoms with Crippen molar-refractivity contribution in [2.24, 2.45) is 0 Å². The molecule has 0 rings (SSSR count). The molecule has 0 N–H and O–H groups in total. The van der Waals surface area contributed by atoms with Gasteiger partial charge in [0.2, 0.25) is 0 Å². The normalized spacial score (nSPS) is 12.1. The van der Waals surface area contributed by atoms with Crippen molar-refractivity contribution in [3.63, 3.8) is 0 Å². The van der Waals surface area contributed by atoms with Crippen LogP contribution in [0.2, 0.25) is 0 Å². The van der Waals surface area contributed by atoms with Gasteiger partial charge < -0.3 is 14.2 Å². The largest absolute Gasteiger partial charge is 0.462 e. The molecule has 1 unspecified atom stereocenters. The summed E-state index contributed by atoms with van der Waals surface area (Å²) in [6, 6.07) is 0. The van der Waals surface area contributed by atoms with Crippen LogP contribution < -0.4 is 0 Å². The lowest BCUT2D eigenvalue weighted by molar-refractivity contribution is -0.167. The highest BCUT2D eigenvalue weighted by molar-refractivity contribution is 5.71. The van der Waals surface area contributed by atoms with Crippen LogP contribution in [0.4, 0.5) is 0 Å². The number of hydrogen-bond acceptors (Lipinski definition) is 6. The number of rotatable bonds is 64. The molecule has 0 aliphatic heterocycles. The molecule has 0 spiro atoms. The second kappa shape index (κ2) is 65.4. The summed E-state index contributed by atoms with van der Waals surface area (Å²) in [6.45, 7) is 6.71. The van der Waals surface area contributed by atoms with Gasteiger partial charge in [-0.05, 0) is 70.6 Å². The maximum Gasteiger partial charge on any atom is 0.306 e. The zero-order valence-electron chi connectivity index (χ0n) is 51.6. The predicted octanol–water partition coefficient (Wildman–Crippen LogP) is 23.4. The van der Waals surface area contributed by atoms with E-state index >= 15 is 0 Å². The van der Waals surface area contributed by atoms with Crippen molar-refractivity contribution >= 4 is 17.9 Å². The number of carbonyl (C=O) groups is 3. The van der Waals surface area contributed by atoms with Crippen molar-refractivity contribution in [1.29, 1.82) is 0 Å². The third-order valence-electron chi connectivity index (χ3n) is 15.7. The summed E-state index contributed by atoms with van der Waals surface area (Å²) in [6.07, 6.45) is 79.2. The van der Waals surface area contributed by atoms with E-state index in [9.17, 15) is 14.4 Å². The fourth-order valence-corrected chi connectivity index (χ4v) is 10.5. The van der Waals surface area contributed by atoms with E-state index in [4.69, 9.17) is 14.2 Å². The molecule has 0 radical (unpaired) electrons. The average Bonchev–Trinajstić information content (AvgIpc) is 3.42. The monoisotopic (exact) mass is 1070 g/mol. The molecule has 0 bridgehead atoms. The summed E-state index contributed by atoms with van der Waals surface area (Å²) in [4.78, 5) is 38.3. The Morgan fingerprint density at radius 1 is 0.250 bits per heavy atom. The quantitative estimate of drug-likeness (QED) is 0.0261. The first-order valence-corrected chi connectivity index (χ1v) is 34.3. The fraction of sp³-hybridized carbons (Fsp3) is 0.900. The molecule has 0 fully saturated rings.